The lowest BCUT2D eigenvalue weighted by Crippen LogP contribution is -2.46. The van der Waals surface area contributed by atoms with Crippen LogP contribution in [0.1, 0.15) is 34.1 Å². The van der Waals surface area contributed by atoms with Crippen LogP contribution in [0.3, 0.4) is 0 Å². The fourth-order valence-corrected chi connectivity index (χ4v) is 2.62. The lowest BCUT2D eigenvalue weighted by Gasteiger charge is -2.35. The first kappa shape index (κ1) is 14.4. The third-order valence-electron chi connectivity index (χ3n) is 2.73. The zero-order chi connectivity index (χ0) is 12.9. The van der Waals surface area contributed by atoms with Crippen molar-refractivity contribution in [3.05, 3.63) is 0 Å². The van der Waals surface area contributed by atoms with Gasteiger partial charge in [-0.2, -0.15) is 0 Å². The smallest absolute Gasteiger partial charge is 0.216 e. The van der Waals surface area contributed by atoms with Gasteiger partial charge >= 0.3 is 0 Å². The summed E-state index contributed by atoms with van der Waals surface area (Å²) in [5.74, 6) is 1.12. The number of amidine groups is 1. The Balaban J connectivity index is 2.38. The molecule has 4 nitrogen and oxygen atoms in total. The van der Waals surface area contributed by atoms with Gasteiger partial charge in [0.2, 0.25) is 5.91 Å². The van der Waals surface area contributed by atoms with Crippen molar-refractivity contribution in [3.8, 4) is 0 Å². The number of carbonyl (C=O) groups is 1. The quantitative estimate of drug-likeness (QED) is 0.755. The molecule has 98 valence electrons. The lowest BCUT2D eigenvalue weighted by molar-refractivity contribution is -0.118. The van der Waals surface area contributed by atoms with E-state index in [0.29, 0.717) is 19.1 Å². The van der Waals surface area contributed by atoms with Crippen LogP contribution in [0.25, 0.3) is 0 Å². The monoisotopic (exact) mass is 257 g/mol. The first-order chi connectivity index (χ1) is 7.89. The molecule has 0 radical (unpaired) electrons. The van der Waals surface area contributed by atoms with Crippen LogP contribution >= 0.6 is 11.8 Å². The summed E-state index contributed by atoms with van der Waals surface area (Å²) in [6, 6.07) is 0.489. The molecule has 0 aromatic carbocycles. The molecule has 1 rings (SSSR count). The van der Waals surface area contributed by atoms with Gasteiger partial charge < -0.3 is 10.6 Å². The second kappa shape index (κ2) is 6.28. The van der Waals surface area contributed by atoms with E-state index in [1.165, 1.54) is 13.3 Å². The highest BCUT2D eigenvalue weighted by molar-refractivity contribution is 8.13. The minimum Gasteiger partial charge on any atom is -0.362 e. The van der Waals surface area contributed by atoms with Crippen LogP contribution in [-0.4, -0.2) is 36.0 Å². The van der Waals surface area contributed by atoms with E-state index in [-0.39, 0.29) is 11.3 Å². The summed E-state index contributed by atoms with van der Waals surface area (Å²) in [6.45, 7) is 9.52. The van der Waals surface area contributed by atoms with Crippen LogP contribution in [0.4, 0.5) is 0 Å². The number of aliphatic imine (C=N–C) groups is 1. The molecule has 0 spiro atoms. The fraction of sp³-hybridized carbons (Fsp3) is 0.833. The van der Waals surface area contributed by atoms with E-state index in [1.54, 1.807) is 11.8 Å². The molecule has 1 fully saturated rings. The van der Waals surface area contributed by atoms with Crippen LogP contribution in [0.15, 0.2) is 4.99 Å². The second-order valence-corrected chi connectivity index (χ2v) is 6.45. The molecule has 1 aliphatic heterocycles. The van der Waals surface area contributed by atoms with Crippen LogP contribution < -0.4 is 10.6 Å². The van der Waals surface area contributed by atoms with Crippen molar-refractivity contribution in [2.45, 2.75) is 40.2 Å². The van der Waals surface area contributed by atoms with Gasteiger partial charge in [0.05, 0.1) is 6.54 Å². The number of thioether (sulfide) groups is 1. The van der Waals surface area contributed by atoms with Crippen molar-refractivity contribution in [3.63, 3.8) is 0 Å². The molecule has 0 aliphatic carbocycles. The Morgan fingerprint density at radius 1 is 1.59 bits per heavy atom. The SMILES string of the molecule is CC(=O)NCCN=C1NC(C(C)(C)C)CCS1. The Kier molecular flexibility index (Phi) is 5.31. The van der Waals surface area contributed by atoms with Gasteiger partial charge in [0, 0.05) is 25.3 Å². The Hall–Kier alpha value is -0.710. The van der Waals surface area contributed by atoms with Gasteiger partial charge in [-0.25, -0.2) is 0 Å². The number of carbonyl (C=O) groups excluding carboxylic acids is 1. The van der Waals surface area contributed by atoms with E-state index < -0.39 is 0 Å². The number of hydrogen-bond acceptors (Lipinski definition) is 3. The number of nitrogens with zero attached hydrogens (tertiary/aromatic N) is 1. The minimum absolute atomic E-state index is 0.00187. The van der Waals surface area contributed by atoms with Crippen LogP contribution in [0.2, 0.25) is 0 Å². The summed E-state index contributed by atoms with van der Waals surface area (Å²) >= 11 is 1.77. The predicted molar refractivity (Wildman–Crippen MR) is 74.4 cm³/mol. The molecule has 17 heavy (non-hydrogen) atoms. The molecule has 0 bridgehead atoms. The van der Waals surface area contributed by atoms with Crippen molar-refractivity contribution in [1.29, 1.82) is 0 Å². The van der Waals surface area contributed by atoms with Gasteiger partial charge in [-0.3, -0.25) is 9.79 Å². The van der Waals surface area contributed by atoms with E-state index >= 15 is 0 Å². The topological polar surface area (TPSA) is 53.5 Å². The maximum atomic E-state index is 10.7. The second-order valence-electron chi connectivity index (χ2n) is 5.37. The van der Waals surface area contributed by atoms with E-state index in [0.717, 1.165) is 10.9 Å². The molecule has 0 aromatic heterocycles. The first-order valence-corrected chi connectivity index (χ1v) is 7.06. The maximum Gasteiger partial charge on any atom is 0.216 e. The van der Waals surface area contributed by atoms with Crippen molar-refractivity contribution in [2.24, 2.45) is 10.4 Å². The maximum absolute atomic E-state index is 10.7. The summed E-state index contributed by atoms with van der Waals surface area (Å²) in [5.41, 5.74) is 0.263. The number of nitrogens with one attached hydrogen (secondary N) is 2. The molecule has 1 heterocycles. The molecule has 1 aliphatic rings. The summed E-state index contributed by atoms with van der Waals surface area (Å²) in [6.07, 6.45) is 1.18. The number of amides is 1. The van der Waals surface area contributed by atoms with Crippen molar-refractivity contribution < 1.29 is 4.79 Å². The van der Waals surface area contributed by atoms with Crippen LogP contribution in [0.5, 0.6) is 0 Å². The third kappa shape index (κ3) is 5.44. The summed E-state index contributed by atoms with van der Waals surface area (Å²) in [5, 5.41) is 7.24. The number of hydrogen-bond donors (Lipinski definition) is 2. The fourth-order valence-electron chi connectivity index (χ4n) is 1.67. The molecular weight excluding hydrogens is 234 g/mol. The van der Waals surface area contributed by atoms with Gasteiger partial charge in [-0.05, 0) is 11.8 Å². The summed E-state index contributed by atoms with van der Waals surface area (Å²) < 4.78 is 0. The third-order valence-corrected chi connectivity index (χ3v) is 3.69. The average Bonchev–Trinajstić information content (AvgIpc) is 2.23. The van der Waals surface area contributed by atoms with Crippen molar-refractivity contribution in [2.75, 3.05) is 18.8 Å². The van der Waals surface area contributed by atoms with Crippen LogP contribution in [0, 0.1) is 5.41 Å². The summed E-state index contributed by atoms with van der Waals surface area (Å²) in [7, 11) is 0. The molecule has 1 unspecified atom stereocenters. The largest absolute Gasteiger partial charge is 0.362 e. The molecule has 5 heteroatoms. The molecule has 1 atom stereocenters. The van der Waals surface area contributed by atoms with E-state index in [2.05, 4.69) is 36.4 Å². The first-order valence-electron chi connectivity index (χ1n) is 6.08. The Bertz CT molecular complexity index is 297. The predicted octanol–water partition coefficient (Wildman–Crippen LogP) is 1.62. The average molecular weight is 257 g/mol. The summed E-state index contributed by atoms with van der Waals surface area (Å²) in [4.78, 5) is 15.2. The van der Waals surface area contributed by atoms with Gasteiger partial charge in [0.15, 0.2) is 5.17 Å². The van der Waals surface area contributed by atoms with Gasteiger partial charge in [-0.1, -0.05) is 32.5 Å². The Labute approximate surface area is 108 Å². The zero-order valence-corrected chi connectivity index (χ0v) is 12.0. The molecule has 0 saturated carbocycles. The normalized spacial score (nSPS) is 23.3. The molecular formula is C12H23N3OS. The van der Waals surface area contributed by atoms with E-state index in [9.17, 15) is 4.79 Å². The van der Waals surface area contributed by atoms with E-state index in [4.69, 9.17) is 0 Å². The Morgan fingerprint density at radius 2 is 2.29 bits per heavy atom. The highest BCUT2D eigenvalue weighted by Gasteiger charge is 2.28. The highest BCUT2D eigenvalue weighted by atomic mass is 32.2. The highest BCUT2D eigenvalue weighted by Crippen LogP contribution is 2.27. The van der Waals surface area contributed by atoms with Gasteiger partial charge in [0.25, 0.3) is 0 Å². The standard InChI is InChI=1S/C12H23N3OS/c1-9(16)13-6-7-14-11-15-10(5-8-17-11)12(2,3)4/h10H,5-8H2,1-4H3,(H,13,16)(H,14,15). The number of rotatable bonds is 3. The van der Waals surface area contributed by atoms with E-state index in [1.807, 2.05) is 0 Å². The van der Waals surface area contributed by atoms with Gasteiger partial charge in [0.1, 0.15) is 0 Å². The van der Waals surface area contributed by atoms with Crippen LogP contribution in [-0.2, 0) is 4.79 Å². The molecule has 1 saturated heterocycles. The molecule has 1 amide bonds. The molecule has 0 aromatic rings. The Morgan fingerprint density at radius 3 is 2.88 bits per heavy atom. The van der Waals surface area contributed by atoms with Crippen molar-refractivity contribution in [1.82, 2.24) is 10.6 Å². The van der Waals surface area contributed by atoms with Crippen molar-refractivity contribution >= 4 is 22.8 Å². The lowest BCUT2D eigenvalue weighted by atomic mass is 9.85. The zero-order valence-electron chi connectivity index (χ0n) is 11.2. The van der Waals surface area contributed by atoms with Gasteiger partial charge in [-0.15, -0.1) is 0 Å². The minimum atomic E-state index is 0.00187. The molecule has 2 N–H and O–H groups in total.